The number of aromatic nitrogens is 4. The molecular weight excluding hydrogens is 206 g/mol. The summed E-state index contributed by atoms with van der Waals surface area (Å²) in [5.74, 6) is -0.435. The minimum atomic E-state index is -0.953. The summed E-state index contributed by atoms with van der Waals surface area (Å²) >= 11 is 0. The van der Waals surface area contributed by atoms with Crippen molar-refractivity contribution in [1.29, 1.82) is 0 Å². The Morgan fingerprint density at radius 2 is 2.43 bits per heavy atom. The number of rotatable bonds is 4. The molecule has 2 unspecified atom stereocenters. The summed E-state index contributed by atoms with van der Waals surface area (Å²) in [5, 5.41) is 14.9. The van der Waals surface area contributed by atoms with E-state index in [1.807, 2.05) is 0 Å². The first-order chi connectivity index (χ1) is 6.61. The van der Waals surface area contributed by atoms with Crippen molar-refractivity contribution in [3.63, 3.8) is 0 Å². The number of H-pyrrole nitrogens is 1. The van der Waals surface area contributed by atoms with Gasteiger partial charge in [-0.2, -0.15) is 5.21 Å². The molecule has 7 nitrogen and oxygen atoms in total. The summed E-state index contributed by atoms with van der Waals surface area (Å²) in [6.07, 6.45) is 1.59. The van der Waals surface area contributed by atoms with Gasteiger partial charge in [0.25, 0.3) is 11.7 Å². The van der Waals surface area contributed by atoms with Crippen molar-refractivity contribution < 1.29 is 9.00 Å². The largest absolute Gasteiger partial charge is 0.348 e. The summed E-state index contributed by atoms with van der Waals surface area (Å²) in [4.78, 5) is 11.2. The smallest absolute Gasteiger partial charge is 0.292 e. The molecule has 0 spiro atoms. The van der Waals surface area contributed by atoms with E-state index in [4.69, 9.17) is 0 Å². The molecule has 8 heteroatoms. The van der Waals surface area contributed by atoms with Gasteiger partial charge >= 0.3 is 0 Å². The fourth-order valence-electron chi connectivity index (χ4n) is 0.691. The maximum absolute atomic E-state index is 11.2. The van der Waals surface area contributed by atoms with E-state index in [-0.39, 0.29) is 11.1 Å². The van der Waals surface area contributed by atoms with Gasteiger partial charge in [-0.25, -0.2) is 0 Å². The third kappa shape index (κ3) is 2.87. The van der Waals surface area contributed by atoms with E-state index in [1.54, 1.807) is 13.2 Å². The van der Waals surface area contributed by atoms with Crippen LogP contribution in [-0.2, 0) is 10.8 Å². The third-order valence-electron chi connectivity index (χ3n) is 1.67. The molecule has 0 saturated heterocycles. The van der Waals surface area contributed by atoms with Crippen LogP contribution >= 0.6 is 0 Å². The second kappa shape index (κ2) is 4.80. The number of amides is 1. The van der Waals surface area contributed by atoms with Crippen LogP contribution in [0.2, 0.25) is 0 Å². The molecule has 1 aromatic heterocycles. The van der Waals surface area contributed by atoms with Crippen LogP contribution in [0.15, 0.2) is 0 Å². The van der Waals surface area contributed by atoms with Crippen molar-refractivity contribution in [2.24, 2.45) is 0 Å². The highest BCUT2D eigenvalue weighted by Crippen LogP contribution is 1.91. The summed E-state index contributed by atoms with van der Waals surface area (Å²) in [6, 6.07) is 0. The second-order valence-electron chi connectivity index (χ2n) is 2.75. The Morgan fingerprint density at radius 1 is 1.71 bits per heavy atom. The van der Waals surface area contributed by atoms with Crippen molar-refractivity contribution in [2.45, 2.75) is 12.2 Å². The Kier molecular flexibility index (Phi) is 3.69. The van der Waals surface area contributed by atoms with Gasteiger partial charge in [-0.05, 0) is 12.1 Å². The van der Waals surface area contributed by atoms with E-state index < -0.39 is 16.7 Å². The highest BCUT2D eigenvalue weighted by atomic mass is 32.2. The fourth-order valence-corrected chi connectivity index (χ4v) is 1.01. The molecule has 1 rings (SSSR count). The maximum Gasteiger partial charge on any atom is 0.292 e. The van der Waals surface area contributed by atoms with Gasteiger partial charge in [0.05, 0.1) is 0 Å². The number of tetrazole rings is 1. The predicted molar refractivity (Wildman–Crippen MR) is 50.0 cm³/mol. The summed E-state index contributed by atoms with van der Waals surface area (Å²) < 4.78 is 11.0. The van der Waals surface area contributed by atoms with E-state index in [0.29, 0.717) is 6.54 Å². The zero-order valence-corrected chi connectivity index (χ0v) is 8.67. The molecule has 0 aromatic carbocycles. The van der Waals surface area contributed by atoms with Crippen molar-refractivity contribution in [1.82, 2.24) is 25.9 Å². The number of nitrogens with one attached hydrogen (secondary N) is 2. The van der Waals surface area contributed by atoms with E-state index in [9.17, 15) is 9.00 Å². The molecule has 2 atom stereocenters. The molecule has 14 heavy (non-hydrogen) atoms. The first-order valence-corrected chi connectivity index (χ1v) is 5.57. The van der Waals surface area contributed by atoms with Crippen LogP contribution < -0.4 is 5.32 Å². The van der Waals surface area contributed by atoms with E-state index in [2.05, 4.69) is 25.9 Å². The highest BCUT2D eigenvalue weighted by Gasteiger charge is 2.12. The first kappa shape index (κ1) is 10.8. The van der Waals surface area contributed by atoms with Crippen molar-refractivity contribution in [3.8, 4) is 0 Å². The number of aromatic amines is 1. The molecule has 0 saturated carbocycles. The Labute approximate surface area is 83.1 Å². The van der Waals surface area contributed by atoms with Crippen LogP contribution in [0.3, 0.4) is 0 Å². The van der Waals surface area contributed by atoms with E-state index in [0.717, 1.165) is 0 Å². The zero-order valence-electron chi connectivity index (χ0n) is 7.85. The highest BCUT2D eigenvalue weighted by molar-refractivity contribution is 7.84. The fraction of sp³-hybridized carbons (Fsp3) is 0.667. The van der Waals surface area contributed by atoms with Gasteiger partial charge in [-0.3, -0.25) is 9.00 Å². The first-order valence-electron chi connectivity index (χ1n) is 3.95. The number of hydrogen-bond acceptors (Lipinski definition) is 5. The summed E-state index contributed by atoms with van der Waals surface area (Å²) in [6.45, 7) is 2.11. The molecule has 0 fully saturated rings. The quantitative estimate of drug-likeness (QED) is 0.652. The molecule has 2 N–H and O–H groups in total. The summed E-state index contributed by atoms with van der Waals surface area (Å²) in [5.41, 5.74) is 0. The summed E-state index contributed by atoms with van der Waals surface area (Å²) in [7, 11) is -0.953. The number of carbonyl (C=O) groups excluding carboxylic acids is 1. The minimum Gasteiger partial charge on any atom is -0.348 e. The van der Waals surface area contributed by atoms with Gasteiger partial charge in [0.1, 0.15) is 0 Å². The zero-order chi connectivity index (χ0) is 10.6. The molecule has 0 aliphatic carbocycles. The lowest BCUT2D eigenvalue weighted by molar-refractivity contribution is 0.0944. The lowest BCUT2D eigenvalue weighted by Gasteiger charge is -2.07. The molecule has 1 aromatic rings. The van der Waals surface area contributed by atoms with Crippen LogP contribution in [0.4, 0.5) is 0 Å². The Bertz CT molecular complexity index is 325. The van der Waals surface area contributed by atoms with Crippen molar-refractivity contribution in [2.75, 3.05) is 12.8 Å². The lowest BCUT2D eigenvalue weighted by Crippen LogP contribution is -2.33. The topological polar surface area (TPSA) is 101 Å². The van der Waals surface area contributed by atoms with Crippen molar-refractivity contribution >= 4 is 16.7 Å². The van der Waals surface area contributed by atoms with Crippen LogP contribution in [0.25, 0.3) is 0 Å². The molecule has 0 aliphatic rings. The average molecular weight is 217 g/mol. The third-order valence-corrected chi connectivity index (χ3v) is 2.97. The Morgan fingerprint density at radius 3 is 2.93 bits per heavy atom. The molecule has 0 radical (unpaired) electrons. The molecule has 78 valence electrons. The second-order valence-corrected chi connectivity index (χ2v) is 4.56. The van der Waals surface area contributed by atoms with Gasteiger partial charge in [0, 0.05) is 28.9 Å². The standard InChI is InChI=1S/C6H11N5O2S/c1-4(14(2)13)3-7-6(12)5-8-10-11-9-5/h4H,3H2,1-2H3,(H,7,12)(H,8,9,10,11). The molecule has 0 aliphatic heterocycles. The number of carbonyl (C=O) groups is 1. The van der Waals surface area contributed by atoms with Gasteiger partial charge < -0.3 is 5.32 Å². The van der Waals surface area contributed by atoms with Crippen molar-refractivity contribution in [3.05, 3.63) is 5.82 Å². The Balaban J connectivity index is 2.40. The average Bonchev–Trinajstić information content (AvgIpc) is 2.66. The molecule has 1 amide bonds. The molecule has 1 heterocycles. The van der Waals surface area contributed by atoms with Gasteiger partial charge in [0.15, 0.2) is 0 Å². The molecule has 0 bridgehead atoms. The van der Waals surface area contributed by atoms with E-state index >= 15 is 0 Å². The lowest BCUT2D eigenvalue weighted by atomic mass is 10.4. The van der Waals surface area contributed by atoms with Gasteiger partial charge in [0.2, 0.25) is 0 Å². The predicted octanol–water partition coefficient (Wildman–Crippen LogP) is -1.30. The Hall–Kier alpha value is -1.31. The van der Waals surface area contributed by atoms with Crippen LogP contribution in [0.1, 0.15) is 17.5 Å². The van der Waals surface area contributed by atoms with Crippen LogP contribution in [-0.4, -0.2) is 48.8 Å². The SMILES string of the molecule is CC(CNC(=O)c1nn[nH]n1)S(C)=O. The normalized spacial score (nSPS) is 14.7. The van der Waals surface area contributed by atoms with Gasteiger partial charge in [-0.15, -0.1) is 10.2 Å². The van der Waals surface area contributed by atoms with E-state index in [1.165, 1.54) is 0 Å². The van der Waals surface area contributed by atoms with Crippen LogP contribution in [0, 0.1) is 0 Å². The van der Waals surface area contributed by atoms with Crippen LogP contribution in [0.5, 0.6) is 0 Å². The minimum absolute atomic E-state index is 0.0147. The van der Waals surface area contributed by atoms with Gasteiger partial charge in [-0.1, -0.05) is 0 Å². The molecular formula is C6H11N5O2S. The maximum atomic E-state index is 11.2. The number of hydrogen-bond donors (Lipinski definition) is 2. The monoisotopic (exact) mass is 217 g/mol. The number of nitrogens with zero attached hydrogens (tertiary/aromatic N) is 3.